The topological polar surface area (TPSA) is 73.7 Å². The molecule has 1 atom stereocenters. The molecular weight excluding hydrogens is 216 g/mol. The maximum Gasteiger partial charge on any atom is 0.133 e. The van der Waals surface area contributed by atoms with Gasteiger partial charge in [-0.05, 0) is 19.9 Å². The molecule has 0 fully saturated rings. The van der Waals surface area contributed by atoms with E-state index < -0.39 is 0 Å². The van der Waals surface area contributed by atoms with Crippen molar-refractivity contribution >= 4 is 0 Å². The van der Waals surface area contributed by atoms with Crippen molar-refractivity contribution in [2.75, 3.05) is 0 Å². The van der Waals surface area contributed by atoms with Crippen molar-refractivity contribution in [3.05, 3.63) is 35.7 Å². The minimum atomic E-state index is -0.142. The second-order valence-electron chi connectivity index (χ2n) is 4.02. The summed E-state index contributed by atoms with van der Waals surface area (Å²) >= 11 is 0. The monoisotopic (exact) mass is 234 g/mol. The van der Waals surface area contributed by atoms with Crippen molar-refractivity contribution in [3.8, 4) is 0 Å². The first kappa shape index (κ1) is 11.8. The Hall–Kier alpha value is -1.66. The Balaban J connectivity index is 2.45. The van der Waals surface area contributed by atoms with Gasteiger partial charge >= 0.3 is 0 Å². The van der Waals surface area contributed by atoms with E-state index in [0.717, 1.165) is 23.8 Å². The van der Waals surface area contributed by atoms with Crippen LogP contribution in [0.3, 0.4) is 0 Å². The standard InChI is InChI=1S/C11H18N6/c1-4-17-9(7-8(2)15-17)10(14-12)11-13-5-6-16(11)3/h5-7,10,14H,4,12H2,1-3H3. The lowest BCUT2D eigenvalue weighted by molar-refractivity contribution is 0.514. The first-order valence-corrected chi connectivity index (χ1v) is 5.65. The molecule has 2 rings (SSSR count). The van der Waals surface area contributed by atoms with Crippen LogP contribution in [0, 0.1) is 6.92 Å². The van der Waals surface area contributed by atoms with E-state index >= 15 is 0 Å². The predicted molar refractivity (Wildman–Crippen MR) is 65.0 cm³/mol. The molecular formula is C11H18N6. The number of nitrogens with zero attached hydrogens (tertiary/aromatic N) is 4. The summed E-state index contributed by atoms with van der Waals surface area (Å²) in [6.07, 6.45) is 3.67. The maximum atomic E-state index is 5.65. The number of nitrogens with one attached hydrogen (secondary N) is 1. The first-order chi connectivity index (χ1) is 8.17. The van der Waals surface area contributed by atoms with Crippen LogP contribution in [0.25, 0.3) is 0 Å². The minimum Gasteiger partial charge on any atom is -0.336 e. The molecule has 0 aliphatic rings. The fourth-order valence-electron chi connectivity index (χ4n) is 2.00. The van der Waals surface area contributed by atoms with Gasteiger partial charge in [-0.3, -0.25) is 10.5 Å². The van der Waals surface area contributed by atoms with E-state index in [9.17, 15) is 0 Å². The molecule has 0 aliphatic heterocycles. The van der Waals surface area contributed by atoms with Crippen LogP contribution in [0.15, 0.2) is 18.5 Å². The molecule has 2 heterocycles. The van der Waals surface area contributed by atoms with E-state index in [1.807, 2.05) is 35.5 Å². The second kappa shape index (κ2) is 4.68. The lowest BCUT2D eigenvalue weighted by atomic mass is 10.2. The molecule has 0 aliphatic carbocycles. The smallest absolute Gasteiger partial charge is 0.133 e. The highest BCUT2D eigenvalue weighted by Gasteiger charge is 2.21. The third-order valence-electron chi connectivity index (χ3n) is 2.81. The molecule has 0 aromatic carbocycles. The SMILES string of the molecule is CCn1nc(C)cc1C(NN)c1nccn1C. The molecule has 92 valence electrons. The van der Waals surface area contributed by atoms with E-state index in [1.54, 1.807) is 6.20 Å². The summed E-state index contributed by atoms with van der Waals surface area (Å²) in [6.45, 7) is 4.84. The zero-order valence-corrected chi connectivity index (χ0v) is 10.4. The Morgan fingerprint density at radius 1 is 1.53 bits per heavy atom. The Bertz CT molecular complexity index is 498. The fraction of sp³-hybridized carbons (Fsp3) is 0.455. The van der Waals surface area contributed by atoms with E-state index in [1.165, 1.54) is 0 Å². The lowest BCUT2D eigenvalue weighted by Crippen LogP contribution is -2.32. The summed E-state index contributed by atoms with van der Waals surface area (Å²) in [7, 11) is 1.95. The Labute approximate surface area is 100 Å². The third kappa shape index (κ3) is 2.09. The summed E-state index contributed by atoms with van der Waals surface area (Å²) in [5.41, 5.74) is 4.82. The molecule has 2 aromatic rings. The average Bonchev–Trinajstić information content (AvgIpc) is 2.88. The second-order valence-corrected chi connectivity index (χ2v) is 4.02. The maximum absolute atomic E-state index is 5.65. The molecule has 0 saturated heterocycles. The van der Waals surface area contributed by atoms with E-state index in [0.29, 0.717) is 0 Å². The molecule has 17 heavy (non-hydrogen) atoms. The predicted octanol–water partition coefficient (Wildman–Crippen LogP) is 0.498. The quantitative estimate of drug-likeness (QED) is 0.596. The molecule has 6 heteroatoms. The highest BCUT2D eigenvalue weighted by atomic mass is 15.3. The van der Waals surface area contributed by atoms with Gasteiger partial charge in [-0.1, -0.05) is 0 Å². The summed E-state index contributed by atoms with van der Waals surface area (Å²) in [6, 6.07) is 1.89. The van der Waals surface area contributed by atoms with Crippen LogP contribution < -0.4 is 11.3 Å². The van der Waals surface area contributed by atoms with Crippen LogP contribution in [0.2, 0.25) is 0 Å². The number of aromatic nitrogens is 4. The number of hydrogen-bond donors (Lipinski definition) is 2. The minimum absolute atomic E-state index is 0.142. The van der Waals surface area contributed by atoms with Crippen molar-refractivity contribution in [2.45, 2.75) is 26.4 Å². The molecule has 2 aromatic heterocycles. The number of nitrogens with two attached hydrogens (primary N) is 1. The summed E-state index contributed by atoms with van der Waals surface area (Å²) in [4.78, 5) is 4.33. The molecule has 0 bridgehead atoms. The molecule has 1 unspecified atom stereocenters. The van der Waals surface area contributed by atoms with Crippen LogP contribution in [0.1, 0.15) is 30.2 Å². The third-order valence-corrected chi connectivity index (χ3v) is 2.81. The largest absolute Gasteiger partial charge is 0.336 e. The van der Waals surface area contributed by atoms with Gasteiger partial charge in [-0.15, -0.1) is 0 Å². The fourth-order valence-corrected chi connectivity index (χ4v) is 2.00. The highest BCUT2D eigenvalue weighted by Crippen LogP contribution is 2.20. The van der Waals surface area contributed by atoms with Crippen molar-refractivity contribution in [1.82, 2.24) is 24.8 Å². The number of rotatable bonds is 4. The number of hydrazine groups is 1. The molecule has 0 amide bonds. The summed E-state index contributed by atoms with van der Waals surface area (Å²) in [5.74, 6) is 6.53. The van der Waals surface area contributed by atoms with E-state index in [2.05, 4.69) is 22.4 Å². The van der Waals surface area contributed by atoms with Gasteiger partial charge in [0.1, 0.15) is 11.9 Å². The van der Waals surface area contributed by atoms with Gasteiger partial charge in [0.25, 0.3) is 0 Å². The van der Waals surface area contributed by atoms with E-state index in [-0.39, 0.29) is 6.04 Å². The molecule has 0 spiro atoms. The van der Waals surface area contributed by atoms with Gasteiger partial charge in [0.15, 0.2) is 0 Å². The average molecular weight is 234 g/mol. The van der Waals surface area contributed by atoms with Gasteiger partial charge in [0.05, 0.1) is 11.4 Å². The van der Waals surface area contributed by atoms with Crippen molar-refractivity contribution in [1.29, 1.82) is 0 Å². The summed E-state index contributed by atoms with van der Waals surface area (Å²) < 4.78 is 3.89. The van der Waals surface area contributed by atoms with Gasteiger partial charge in [-0.2, -0.15) is 5.10 Å². The highest BCUT2D eigenvalue weighted by molar-refractivity contribution is 5.20. The molecule has 6 nitrogen and oxygen atoms in total. The van der Waals surface area contributed by atoms with Crippen molar-refractivity contribution in [3.63, 3.8) is 0 Å². The summed E-state index contributed by atoms with van der Waals surface area (Å²) in [5, 5.41) is 4.42. The molecule has 0 radical (unpaired) electrons. The molecule has 0 saturated carbocycles. The van der Waals surface area contributed by atoms with Gasteiger partial charge in [-0.25, -0.2) is 10.4 Å². The van der Waals surface area contributed by atoms with Crippen molar-refractivity contribution < 1.29 is 0 Å². The zero-order valence-electron chi connectivity index (χ0n) is 10.4. The normalized spacial score (nSPS) is 12.9. The van der Waals surface area contributed by atoms with Crippen LogP contribution >= 0.6 is 0 Å². The van der Waals surface area contributed by atoms with Crippen LogP contribution in [-0.2, 0) is 13.6 Å². The van der Waals surface area contributed by atoms with Crippen LogP contribution in [0.4, 0.5) is 0 Å². The van der Waals surface area contributed by atoms with Crippen LogP contribution in [-0.4, -0.2) is 19.3 Å². The van der Waals surface area contributed by atoms with Gasteiger partial charge in [0, 0.05) is 26.0 Å². The Morgan fingerprint density at radius 3 is 2.82 bits per heavy atom. The van der Waals surface area contributed by atoms with Crippen LogP contribution in [0.5, 0.6) is 0 Å². The molecule has 3 N–H and O–H groups in total. The number of aryl methyl sites for hydroxylation is 3. The lowest BCUT2D eigenvalue weighted by Gasteiger charge is -2.16. The van der Waals surface area contributed by atoms with Gasteiger partial charge in [0.2, 0.25) is 0 Å². The van der Waals surface area contributed by atoms with Crippen molar-refractivity contribution in [2.24, 2.45) is 12.9 Å². The number of hydrogen-bond acceptors (Lipinski definition) is 4. The van der Waals surface area contributed by atoms with E-state index in [4.69, 9.17) is 5.84 Å². The Morgan fingerprint density at radius 2 is 2.29 bits per heavy atom. The Kier molecular flexibility index (Phi) is 3.26. The zero-order chi connectivity index (χ0) is 12.4. The number of imidazole rings is 1. The first-order valence-electron chi connectivity index (χ1n) is 5.65. The van der Waals surface area contributed by atoms with Gasteiger partial charge < -0.3 is 4.57 Å².